The van der Waals surface area contributed by atoms with E-state index in [1.165, 1.54) is 6.42 Å². The molecule has 19 heavy (non-hydrogen) atoms. The van der Waals surface area contributed by atoms with Gasteiger partial charge in [-0.1, -0.05) is 26.7 Å². The number of likely N-dealkylation sites (N-methyl/N-ethyl adjacent to an activating group) is 1. The SMILES string of the molecule is CN(CC1CC(C)(C)CCC1O)C1CCCCC1O. The van der Waals surface area contributed by atoms with Gasteiger partial charge in [-0.15, -0.1) is 0 Å². The lowest BCUT2D eigenvalue weighted by molar-refractivity contribution is -0.0215. The lowest BCUT2D eigenvalue weighted by Gasteiger charge is -2.43. The van der Waals surface area contributed by atoms with Gasteiger partial charge in [0.1, 0.15) is 0 Å². The molecule has 2 saturated carbocycles. The van der Waals surface area contributed by atoms with Crippen molar-refractivity contribution in [1.82, 2.24) is 4.90 Å². The molecule has 112 valence electrons. The maximum atomic E-state index is 10.2. The van der Waals surface area contributed by atoms with Gasteiger partial charge < -0.3 is 15.1 Å². The lowest BCUT2D eigenvalue weighted by Crippen LogP contribution is -2.48. The van der Waals surface area contributed by atoms with Crippen molar-refractivity contribution in [2.75, 3.05) is 13.6 Å². The molecule has 0 heterocycles. The molecular weight excluding hydrogens is 238 g/mol. The Morgan fingerprint density at radius 2 is 1.74 bits per heavy atom. The minimum absolute atomic E-state index is 0.156. The first-order valence-corrected chi connectivity index (χ1v) is 7.95. The molecule has 2 fully saturated rings. The Hall–Kier alpha value is -0.120. The topological polar surface area (TPSA) is 43.7 Å². The van der Waals surface area contributed by atoms with Gasteiger partial charge in [0.2, 0.25) is 0 Å². The summed E-state index contributed by atoms with van der Waals surface area (Å²) < 4.78 is 0. The summed E-state index contributed by atoms with van der Waals surface area (Å²) in [6, 6.07) is 0.297. The third kappa shape index (κ3) is 3.93. The molecule has 0 aromatic rings. The standard InChI is InChI=1S/C16H31NO2/c1-16(2)9-8-14(18)12(10-16)11-17(3)13-6-4-5-7-15(13)19/h12-15,18-19H,4-11H2,1-3H3. The fourth-order valence-corrected chi connectivity index (χ4v) is 4.02. The van der Waals surface area contributed by atoms with E-state index >= 15 is 0 Å². The van der Waals surface area contributed by atoms with E-state index in [1.807, 2.05) is 0 Å². The first-order valence-electron chi connectivity index (χ1n) is 7.95. The van der Waals surface area contributed by atoms with E-state index in [0.29, 0.717) is 17.4 Å². The van der Waals surface area contributed by atoms with Crippen LogP contribution in [0.3, 0.4) is 0 Å². The van der Waals surface area contributed by atoms with Crippen molar-refractivity contribution in [1.29, 1.82) is 0 Å². The van der Waals surface area contributed by atoms with E-state index < -0.39 is 0 Å². The molecule has 4 atom stereocenters. The van der Waals surface area contributed by atoms with Crippen molar-refractivity contribution in [3.05, 3.63) is 0 Å². The largest absolute Gasteiger partial charge is 0.393 e. The van der Waals surface area contributed by atoms with Crippen LogP contribution in [0.2, 0.25) is 0 Å². The van der Waals surface area contributed by atoms with Crippen LogP contribution in [0, 0.1) is 11.3 Å². The second-order valence-corrected chi connectivity index (χ2v) is 7.59. The molecule has 2 aliphatic carbocycles. The highest BCUT2D eigenvalue weighted by Crippen LogP contribution is 2.39. The van der Waals surface area contributed by atoms with Gasteiger partial charge in [0, 0.05) is 12.6 Å². The lowest BCUT2D eigenvalue weighted by atomic mass is 9.70. The molecule has 3 heteroatoms. The van der Waals surface area contributed by atoms with Crippen LogP contribution in [0.1, 0.15) is 58.8 Å². The molecule has 0 aliphatic heterocycles. The molecule has 0 aromatic carbocycles. The van der Waals surface area contributed by atoms with E-state index in [-0.39, 0.29) is 12.2 Å². The molecule has 0 saturated heterocycles. The number of hydrogen-bond acceptors (Lipinski definition) is 3. The summed E-state index contributed by atoms with van der Waals surface area (Å²) in [6.45, 7) is 5.54. The zero-order valence-corrected chi connectivity index (χ0v) is 12.8. The van der Waals surface area contributed by atoms with Crippen molar-refractivity contribution >= 4 is 0 Å². The highest BCUT2D eigenvalue weighted by Gasteiger charge is 2.36. The summed E-state index contributed by atoms with van der Waals surface area (Å²) in [5.74, 6) is 0.364. The molecule has 4 unspecified atom stereocenters. The predicted octanol–water partition coefficient (Wildman–Crippen LogP) is 2.41. The molecule has 0 spiro atoms. The summed E-state index contributed by atoms with van der Waals surface area (Å²) >= 11 is 0. The zero-order valence-electron chi connectivity index (χ0n) is 12.8. The van der Waals surface area contributed by atoms with E-state index in [0.717, 1.165) is 45.1 Å². The van der Waals surface area contributed by atoms with Crippen LogP contribution in [0.25, 0.3) is 0 Å². The van der Waals surface area contributed by atoms with Crippen LogP contribution in [0.5, 0.6) is 0 Å². The van der Waals surface area contributed by atoms with E-state index in [2.05, 4.69) is 25.8 Å². The maximum absolute atomic E-state index is 10.2. The van der Waals surface area contributed by atoms with Gasteiger partial charge in [0.05, 0.1) is 12.2 Å². The summed E-state index contributed by atoms with van der Waals surface area (Å²) in [4.78, 5) is 2.30. The third-order valence-electron chi connectivity index (χ3n) is 5.26. The summed E-state index contributed by atoms with van der Waals surface area (Å²) in [5.41, 5.74) is 0.357. The van der Waals surface area contributed by atoms with Gasteiger partial charge >= 0.3 is 0 Å². The third-order valence-corrected chi connectivity index (χ3v) is 5.26. The molecule has 0 bridgehead atoms. The van der Waals surface area contributed by atoms with Crippen LogP contribution >= 0.6 is 0 Å². The first kappa shape index (κ1) is 15.3. The smallest absolute Gasteiger partial charge is 0.0695 e. The van der Waals surface area contributed by atoms with Crippen molar-refractivity contribution in [3.63, 3.8) is 0 Å². The molecule has 2 aliphatic rings. The van der Waals surface area contributed by atoms with E-state index in [1.54, 1.807) is 0 Å². The Morgan fingerprint density at radius 3 is 2.42 bits per heavy atom. The summed E-state index contributed by atoms with van der Waals surface area (Å²) in [5, 5.41) is 20.4. The number of aliphatic hydroxyl groups excluding tert-OH is 2. The quantitative estimate of drug-likeness (QED) is 0.827. The first-order chi connectivity index (χ1) is 8.89. The maximum Gasteiger partial charge on any atom is 0.0695 e. The van der Waals surface area contributed by atoms with Crippen LogP contribution < -0.4 is 0 Å². The van der Waals surface area contributed by atoms with E-state index in [9.17, 15) is 10.2 Å². The van der Waals surface area contributed by atoms with Crippen LogP contribution in [-0.4, -0.2) is 47.0 Å². The van der Waals surface area contributed by atoms with Crippen molar-refractivity contribution in [3.8, 4) is 0 Å². The van der Waals surface area contributed by atoms with Gasteiger partial charge in [-0.3, -0.25) is 0 Å². The molecule has 2 N–H and O–H groups in total. The molecule has 0 amide bonds. The molecule has 3 nitrogen and oxygen atoms in total. The average Bonchev–Trinajstić information content (AvgIpc) is 2.34. The Morgan fingerprint density at radius 1 is 1.05 bits per heavy atom. The minimum Gasteiger partial charge on any atom is -0.393 e. The Labute approximate surface area is 118 Å². The number of rotatable bonds is 3. The van der Waals surface area contributed by atoms with Crippen molar-refractivity contribution < 1.29 is 10.2 Å². The van der Waals surface area contributed by atoms with E-state index in [4.69, 9.17) is 0 Å². The zero-order chi connectivity index (χ0) is 14.0. The highest BCUT2D eigenvalue weighted by molar-refractivity contribution is 4.89. The van der Waals surface area contributed by atoms with Gasteiger partial charge in [-0.25, -0.2) is 0 Å². The molecule has 2 rings (SSSR count). The van der Waals surface area contributed by atoms with Gasteiger partial charge in [0.15, 0.2) is 0 Å². The predicted molar refractivity (Wildman–Crippen MR) is 78.0 cm³/mol. The van der Waals surface area contributed by atoms with Gasteiger partial charge in [-0.05, 0) is 50.5 Å². The average molecular weight is 269 g/mol. The fraction of sp³-hybridized carbons (Fsp3) is 1.00. The highest BCUT2D eigenvalue weighted by atomic mass is 16.3. The molecule has 0 aromatic heterocycles. The Bertz CT molecular complexity index is 292. The van der Waals surface area contributed by atoms with Crippen LogP contribution in [0.15, 0.2) is 0 Å². The van der Waals surface area contributed by atoms with Crippen molar-refractivity contribution in [2.45, 2.75) is 77.0 Å². The molecule has 0 radical (unpaired) electrons. The summed E-state index contributed by atoms with van der Waals surface area (Å²) in [6.07, 6.45) is 7.25. The normalized spacial score (nSPS) is 39.5. The number of hydrogen-bond donors (Lipinski definition) is 2. The van der Waals surface area contributed by atoms with Crippen LogP contribution in [0.4, 0.5) is 0 Å². The van der Waals surface area contributed by atoms with Crippen LogP contribution in [-0.2, 0) is 0 Å². The van der Waals surface area contributed by atoms with Gasteiger partial charge in [-0.2, -0.15) is 0 Å². The minimum atomic E-state index is -0.174. The fourth-order valence-electron chi connectivity index (χ4n) is 4.02. The Balaban J connectivity index is 1.91. The second-order valence-electron chi connectivity index (χ2n) is 7.59. The van der Waals surface area contributed by atoms with Gasteiger partial charge in [0.25, 0.3) is 0 Å². The van der Waals surface area contributed by atoms with Crippen molar-refractivity contribution in [2.24, 2.45) is 11.3 Å². The summed E-state index contributed by atoms with van der Waals surface area (Å²) in [7, 11) is 2.12. The monoisotopic (exact) mass is 269 g/mol. The molecular formula is C16H31NO2. The number of aliphatic hydroxyl groups is 2. The number of nitrogens with zero attached hydrogens (tertiary/aromatic N) is 1. The Kier molecular flexibility index (Phi) is 4.91. The second kappa shape index (κ2) is 6.11.